The van der Waals surface area contributed by atoms with Gasteiger partial charge in [-0.1, -0.05) is 41.4 Å². The summed E-state index contributed by atoms with van der Waals surface area (Å²) in [5.41, 5.74) is 1.82. The van der Waals surface area contributed by atoms with Gasteiger partial charge in [-0.25, -0.2) is 0 Å². The smallest absolute Gasteiger partial charge is 0.238 e. The second-order valence-corrected chi connectivity index (χ2v) is 6.62. The van der Waals surface area contributed by atoms with Gasteiger partial charge >= 0.3 is 0 Å². The fraction of sp³-hybridized carbons (Fsp3) is 0.133. The molecule has 1 aliphatic heterocycles. The lowest BCUT2D eigenvalue weighted by Gasteiger charge is -2.11. The maximum absolute atomic E-state index is 12.3. The van der Waals surface area contributed by atoms with Crippen LogP contribution in [0.1, 0.15) is 5.56 Å². The zero-order valence-electron chi connectivity index (χ0n) is 10.4. The van der Waals surface area contributed by atoms with Crippen LogP contribution in [0.5, 0.6) is 0 Å². The van der Waals surface area contributed by atoms with E-state index < -0.39 is 0 Å². The molecule has 0 aromatic heterocycles. The first-order valence-corrected chi connectivity index (χ1v) is 7.77. The van der Waals surface area contributed by atoms with E-state index in [0.29, 0.717) is 15.7 Å². The largest absolute Gasteiger partial charge is 0.324 e. The average Bonchev–Trinajstić information content (AvgIpc) is 2.86. The lowest BCUT2D eigenvalue weighted by atomic mass is 10.1. The first-order valence-electron chi connectivity index (χ1n) is 6.14. The van der Waals surface area contributed by atoms with Crippen LogP contribution in [0.4, 0.5) is 5.69 Å². The Kier molecular flexibility index (Phi) is 3.92. The fourth-order valence-electron chi connectivity index (χ4n) is 2.13. The summed E-state index contributed by atoms with van der Waals surface area (Å²) in [6.07, 6.45) is 0.748. The van der Waals surface area contributed by atoms with Crippen molar-refractivity contribution >= 4 is 46.6 Å². The van der Waals surface area contributed by atoms with Crippen LogP contribution in [0.15, 0.2) is 47.4 Å². The lowest BCUT2D eigenvalue weighted by Crippen LogP contribution is -2.24. The van der Waals surface area contributed by atoms with E-state index in [4.69, 9.17) is 23.2 Å². The lowest BCUT2D eigenvalue weighted by molar-refractivity contribution is -0.115. The molecule has 0 saturated carbocycles. The fourth-order valence-corrected chi connectivity index (χ4v) is 3.78. The van der Waals surface area contributed by atoms with Crippen molar-refractivity contribution in [3.8, 4) is 0 Å². The molecule has 5 heteroatoms. The Hall–Kier alpha value is -1.16. The third-order valence-electron chi connectivity index (χ3n) is 3.13. The number of hydrogen-bond acceptors (Lipinski definition) is 2. The maximum atomic E-state index is 12.3. The standard InChI is InChI=1S/C15H11Cl2NOS/c16-10-5-6-12(11(17)8-10)18-15(19)14-7-9-3-1-2-4-13(9)20-14/h1-6,8,14H,7H2,(H,18,19)/t14-/m0/s1. The molecule has 1 heterocycles. The van der Waals surface area contributed by atoms with E-state index in [1.807, 2.05) is 18.2 Å². The van der Waals surface area contributed by atoms with Crippen molar-refractivity contribution in [3.63, 3.8) is 0 Å². The van der Waals surface area contributed by atoms with Crippen molar-refractivity contribution in [2.24, 2.45) is 0 Å². The quantitative estimate of drug-likeness (QED) is 0.871. The SMILES string of the molecule is O=C(Nc1ccc(Cl)cc1Cl)[C@@H]1Cc2ccccc2S1. The van der Waals surface area contributed by atoms with Crippen molar-refractivity contribution in [2.45, 2.75) is 16.6 Å². The number of anilines is 1. The van der Waals surface area contributed by atoms with Crippen molar-refractivity contribution in [1.29, 1.82) is 0 Å². The predicted octanol–water partition coefficient (Wildman–Crippen LogP) is 4.65. The summed E-state index contributed by atoms with van der Waals surface area (Å²) in [6.45, 7) is 0. The van der Waals surface area contributed by atoms with Crippen LogP contribution < -0.4 is 5.32 Å². The summed E-state index contributed by atoms with van der Waals surface area (Å²) in [5.74, 6) is -0.0320. The van der Waals surface area contributed by atoms with Crippen LogP contribution in [-0.4, -0.2) is 11.2 Å². The van der Waals surface area contributed by atoms with Gasteiger partial charge in [0.25, 0.3) is 0 Å². The number of carbonyl (C=O) groups is 1. The van der Waals surface area contributed by atoms with Crippen molar-refractivity contribution in [2.75, 3.05) is 5.32 Å². The number of amides is 1. The molecule has 2 aromatic carbocycles. The van der Waals surface area contributed by atoms with E-state index in [-0.39, 0.29) is 11.2 Å². The highest BCUT2D eigenvalue weighted by molar-refractivity contribution is 8.01. The Morgan fingerprint density at radius 2 is 2.00 bits per heavy atom. The molecular weight excluding hydrogens is 313 g/mol. The molecule has 0 spiro atoms. The number of hydrogen-bond donors (Lipinski definition) is 1. The van der Waals surface area contributed by atoms with Crippen molar-refractivity contribution in [3.05, 3.63) is 58.1 Å². The third-order valence-corrected chi connectivity index (χ3v) is 4.99. The third kappa shape index (κ3) is 2.80. The second kappa shape index (κ2) is 5.68. The second-order valence-electron chi connectivity index (χ2n) is 4.53. The predicted molar refractivity (Wildman–Crippen MR) is 84.9 cm³/mol. The summed E-state index contributed by atoms with van der Waals surface area (Å²) >= 11 is 13.5. The molecule has 0 fully saturated rings. The van der Waals surface area contributed by atoms with Gasteiger partial charge in [-0.15, -0.1) is 11.8 Å². The van der Waals surface area contributed by atoms with Crippen LogP contribution in [0.25, 0.3) is 0 Å². The Labute approximate surface area is 131 Å². The molecular formula is C15H11Cl2NOS. The zero-order chi connectivity index (χ0) is 14.1. The summed E-state index contributed by atoms with van der Waals surface area (Å²) < 4.78 is 0. The van der Waals surface area contributed by atoms with Crippen molar-refractivity contribution < 1.29 is 4.79 Å². The highest BCUT2D eigenvalue weighted by atomic mass is 35.5. The molecule has 0 saturated heterocycles. The summed E-state index contributed by atoms with van der Waals surface area (Å²) in [4.78, 5) is 13.5. The Morgan fingerprint density at radius 3 is 2.75 bits per heavy atom. The first kappa shape index (κ1) is 13.8. The number of thioether (sulfide) groups is 1. The van der Waals surface area contributed by atoms with Gasteiger partial charge in [-0.3, -0.25) is 4.79 Å². The average molecular weight is 324 g/mol. The molecule has 20 heavy (non-hydrogen) atoms. The molecule has 0 unspecified atom stereocenters. The van der Waals surface area contributed by atoms with Crippen LogP contribution in [0.3, 0.4) is 0 Å². The highest BCUT2D eigenvalue weighted by Gasteiger charge is 2.28. The number of halogens is 2. The number of nitrogens with one attached hydrogen (secondary N) is 1. The van der Waals surface area contributed by atoms with E-state index in [2.05, 4.69) is 11.4 Å². The Balaban J connectivity index is 1.72. The number of carbonyl (C=O) groups excluding carboxylic acids is 1. The molecule has 0 aliphatic carbocycles. The van der Waals surface area contributed by atoms with E-state index in [0.717, 1.165) is 6.42 Å². The molecule has 1 N–H and O–H groups in total. The first-order chi connectivity index (χ1) is 9.63. The number of rotatable bonds is 2. The van der Waals surface area contributed by atoms with Gasteiger partial charge in [0.2, 0.25) is 5.91 Å². The number of benzene rings is 2. The van der Waals surface area contributed by atoms with Gasteiger partial charge in [-0.05, 0) is 36.2 Å². The van der Waals surface area contributed by atoms with E-state index >= 15 is 0 Å². The maximum Gasteiger partial charge on any atom is 0.238 e. The van der Waals surface area contributed by atoms with Gasteiger partial charge in [0, 0.05) is 9.92 Å². The molecule has 0 radical (unpaired) electrons. The van der Waals surface area contributed by atoms with Gasteiger partial charge < -0.3 is 5.32 Å². The molecule has 1 atom stereocenters. The summed E-state index contributed by atoms with van der Waals surface area (Å²) in [5, 5.41) is 3.75. The molecule has 0 bridgehead atoms. The van der Waals surface area contributed by atoms with E-state index in [1.165, 1.54) is 10.5 Å². The minimum absolute atomic E-state index is 0.0320. The molecule has 3 rings (SSSR count). The van der Waals surface area contributed by atoms with E-state index in [1.54, 1.807) is 30.0 Å². The minimum atomic E-state index is -0.112. The van der Waals surface area contributed by atoms with Crippen LogP contribution in [0.2, 0.25) is 10.0 Å². The summed E-state index contributed by atoms with van der Waals surface area (Å²) in [6, 6.07) is 13.1. The highest BCUT2D eigenvalue weighted by Crippen LogP contribution is 2.37. The molecule has 2 nitrogen and oxygen atoms in total. The molecule has 2 aromatic rings. The number of fused-ring (bicyclic) bond motifs is 1. The Morgan fingerprint density at radius 1 is 1.20 bits per heavy atom. The monoisotopic (exact) mass is 323 g/mol. The van der Waals surface area contributed by atoms with Crippen LogP contribution in [0, 0.1) is 0 Å². The van der Waals surface area contributed by atoms with E-state index in [9.17, 15) is 4.79 Å². The topological polar surface area (TPSA) is 29.1 Å². The van der Waals surface area contributed by atoms with Gasteiger partial charge in [0.1, 0.15) is 0 Å². The molecule has 1 aliphatic rings. The van der Waals surface area contributed by atoms with Crippen molar-refractivity contribution in [1.82, 2.24) is 0 Å². The normalized spacial score (nSPS) is 16.8. The minimum Gasteiger partial charge on any atom is -0.324 e. The van der Waals surface area contributed by atoms with Crippen LogP contribution >= 0.6 is 35.0 Å². The van der Waals surface area contributed by atoms with Gasteiger partial charge in [-0.2, -0.15) is 0 Å². The van der Waals surface area contributed by atoms with Crippen LogP contribution in [-0.2, 0) is 11.2 Å². The molecule has 1 amide bonds. The van der Waals surface area contributed by atoms with Gasteiger partial charge in [0.15, 0.2) is 0 Å². The summed E-state index contributed by atoms with van der Waals surface area (Å²) in [7, 11) is 0. The van der Waals surface area contributed by atoms with Gasteiger partial charge in [0.05, 0.1) is 16.0 Å². The molecule has 102 valence electrons. The zero-order valence-corrected chi connectivity index (χ0v) is 12.7. The Bertz CT molecular complexity index is 650.